The average Bonchev–Trinajstić information content (AvgIpc) is 2.09. The summed E-state index contributed by atoms with van der Waals surface area (Å²) in [4.78, 5) is 3.19. The Bertz CT molecular complexity index is 450. The van der Waals surface area contributed by atoms with Crippen LogP contribution in [0.1, 0.15) is 11.3 Å². The van der Waals surface area contributed by atoms with Gasteiger partial charge in [-0.2, -0.15) is 18.4 Å². The van der Waals surface area contributed by atoms with E-state index in [0.29, 0.717) is 0 Å². The average molecular weight is 256 g/mol. The van der Waals surface area contributed by atoms with Crippen LogP contribution < -0.4 is 5.73 Å². The maximum Gasteiger partial charge on any atom is 0.421 e. The second-order valence-corrected chi connectivity index (χ2v) is 3.20. The van der Waals surface area contributed by atoms with E-state index in [4.69, 9.17) is 34.2 Å². The molecule has 0 atom stereocenters. The summed E-state index contributed by atoms with van der Waals surface area (Å²) >= 11 is 10.7. The SMILES string of the molecule is N#Cc1nc(Cl)c(C(F)(F)F)c(N)c1Cl. The predicted octanol–water partition coefficient (Wildman–Crippen LogP) is 2.86. The van der Waals surface area contributed by atoms with Gasteiger partial charge in [-0.1, -0.05) is 23.2 Å². The van der Waals surface area contributed by atoms with Crippen LogP contribution in [0.15, 0.2) is 0 Å². The smallest absolute Gasteiger partial charge is 0.397 e. The van der Waals surface area contributed by atoms with Crippen molar-refractivity contribution in [3.8, 4) is 6.07 Å². The largest absolute Gasteiger partial charge is 0.421 e. The highest BCUT2D eigenvalue weighted by Crippen LogP contribution is 2.41. The van der Waals surface area contributed by atoms with Crippen LogP contribution in [0.2, 0.25) is 10.2 Å². The van der Waals surface area contributed by atoms with E-state index < -0.39 is 33.3 Å². The Morgan fingerprint density at radius 1 is 1.33 bits per heavy atom. The number of hydrogen-bond donors (Lipinski definition) is 1. The second-order valence-electron chi connectivity index (χ2n) is 2.46. The van der Waals surface area contributed by atoms with Gasteiger partial charge in [0.1, 0.15) is 21.8 Å². The molecule has 0 aromatic carbocycles. The van der Waals surface area contributed by atoms with Crippen molar-refractivity contribution in [3.63, 3.8) is 0 Å². The van der Waals surface area contributed by atoms with Crippen molar-refractivity contribution in [1.29, 1.82) is 5.26 Å². The fourth-order valence-electron chi connectivity index (χ4n) is 0.895. The van der Waals surface area contributed by atoms with Crippen molar-refractivity contribution >= 4 is 28.9 Å². The molecular formula is C7H2Cl2F3N3. The van der Waals surface area contributed by atoms with Gasteiger partial charge in [0.2, 0.25) is 0 Å². The Labute approximate surface area is 92.2 Å². The Balaban J connectivity index is 3.59. The maximum absolute atomic E-state index is 12.4. The third-order valence-electron chi connectivity index (χ3n) is 1.52. The van der Waals surface area contributed by atoms with E-state index in [9.17, 15) is 13.2 Å². The van der Waals surface area contributed by atoms with E-state index in [0.717, 1.165) is 0 Å². The van der Waals surface area contributed by atoms with E-state index in [1.54, 1.807) is 0 Å². The number of nitrogen functional groups attached to an aromatic ring is 1. The molecule has 0 unspecified atom stereocenters. The van der Waals surface area contributed by atoms with Crippen LogP contribution in [0.5, 0.6) is 0 Å². The molecule has 1 aromatic rings. The molecule has 0 aliphatic rings. The summed E-state index contributed by atoms with van der Waals surface area (Å²) in [5, 5.41) is 7.03. The molecule has 0 saturated carbocycles. The highest BCUT2D eigenvalue weighted by molar-refractivity contribution is 6.36. The van der Waals surface area contributed by atoms with Gasteiger partial charge in [-0.25, -0.2) is 4.98 Å². The molecule has 0 radical (unpaired) electrons. The molecule has 3 nitrogen and oxygen atoms in total. The lowest BCUT2D eigenvalue weighted by molar-refractivity contribution is -0.137. The molecule has 0 bridgehead atoms. The first-order valence-corrected chi connectivity index (χ1v) is 4.16. The highest BCUT2D eigenvalue weighted by atomic mass is 35.5. The number of alkyl halides is 3. The fourth-order valence-corrected chi connectivity index (χ4v) is 1.37. The van der Waals surface area contributed by atoms with Crippen molar-refractivity contribution in [3.05, 3.63) is 21.4 Å². The fraction of sp³-hybridized carbons (Fsp3) is 0.143. The van der Waals surface area contributed by atoms with Crippen LogP contribution in [0.3, 0.4) is 0 Å². The number of nitrogens with zero attached hydrogens (tertiary/aromatic N) is 2. The zero-order valence-corrected chi connectivity index (χ0v) is 8.37. The van der Waals surface area contributed by atoms with E-state index in [1.165, 1.54) is 6.07 Å². The van der Waals surface area contributed by atoms with Crippen molar-refractivity contribution in [2.24, 2.45) is 0 Å². The normalized spacial score (nSPS) is 11.2. The minimum atomic E-state index is -4.76. The molecule has 0 aliphatic heterocycles. The summed E-state index contributed by atoms with van der Waals surface area (Å²) in [6, 6.07) is 1.48. The molecule has 0 fully saturated rings. The first kappa shape index (κ1) is 11.9. The Morgan fingerprint density at radius 2 is 1.87 bits per heavy atom. The monoisotopic (exact) mass is 255 g/mol. The quantitative estimate of drug-likeness (QED) is 0.726. The molecule has 0 amide bonds. The predicted molar refractivity (Wildman–Crippen MR) is 48.4 cm³/mol. The lowest BCUT2D eigenvalue weighted by atomic mass is 10.2. The van der Waals surface area contributed by atoms with Crippen LogP contribution in [0.4, 0.5) is 18.9 Å². The second kappa shape index (κ2) is 3.76. The highest BCUT2D eigenvalue weighted by Gasteiger charge is 2.38. The van der Waals surface area contributed by atoms with Crippen molar-refractivity contribution in [1.82, 2.24) is 4.98 Å². The summed E-state index contributed by atoms with van der Waals surface area (Å²) in [6.45, 7) is 0. The van der Waals surface area contributed by atoms with Gasteiger partial charge in [-0.05, 0) is 0 Å². The van der Waals surface area contributed by atoms with E-state index in [1.807, 2.05) is 0 Å². The maximum atomic E-state index is 12.4. The molecule has 80 valence electrons. The Hall–Kier alpha value is -1.19. The van der Waals surface area contributed by atoms with Gasteiger partial charge >= 0.3 is 6.18 Å². The number of halogens is 5. The number of aromatic nitrogens is 1. The number of nitriles is 1. The third kappa shape index (κ3) is 2.08. The first-order chi connectivity index (χ1) is 6.79. The molecule has 8 heteroatoms. The van der Waals surface area contributed by atoms with Gasteiger partial charge in [0.05, 0.1) is 5.69 Å². The number of hydrogen-bond acceptors (Lipinski definition) is 3. The number of nitrogens with two attached hydrogens (primary N) is 1. The molecule has 1 aromatic heterocycles. The third-order valence-corrected chi connectivity index (χ3v) is 2.18. The van der Waals surface area contributed by atoms with Crippen LogP contribution >= 0.6 is 23.2 Å². The first-order valence-electron chi connectivity index (χ1n) is 3.40. The molecular weight excluding hydrogens is 254 g/mol. The molecule has 0 aliphatic carbocycles. The summed E-state index contributed by atoms with van der Waals surface area (Å²) in [6.07, 6.45) is -4.76. The van der Waals surface area contributed by atoms with E-state index >= 15 is 0 Å². The Kier molecular flexibility index (Phi) is 2.98. The van der Waals surface area contributed by atoms with Crippen LogP contribution in [-0.2, 0) is 6.18 Å². The van der Waals surface area contributed by atoms with Gasteiger partial charge in [-0.15, -0.1) is 0 Å². The summed E-state index contributed by atoms with van der Waals surface area (Å²) in [7, 11) is 0. The summed E-state index contributed by atoms with van der Waals surface area (Å²) in [5.74, 6) is 0. The minimum absolute atomic E-state index is 0.438. The topological polar surface area (TPSA) is 62.7 Å². The Morgan fingerprint density at radius 3 is 2.27 bits per heavy atom. The van der Waals surface area contributed by atoms with Crippen LogP contribution in [-0.4, -0.2) is 4.98 Å². The minimum Gasteiger partial charge on any atom is -0.397 e. The van der Waals surface area contributed by atoms with Gasteiger partial charge in [-0.3, -0.25) is 0 Å². The molecule has 15 heavy (non-hydrogen) atoms. The number of pyridine rings is 1. The van der Waals surface area contributed by atoms with Crippen molar-refractivity contribution < 1.29 is 13.2 Å². The summed E-state index contributed by atoms with van der Waals surface area (Å²) < 4.78 is 37.1. The molecule has 2 N–H and O–H groups in total. The number of anilines is 1. The van der Waals surface area contributed by atoms with Gasteiger partial charge in [0, 0.05) is 0 Å². The molecule has 0 saturated heterocycles. The number of rotatable bonds is 0. The van der Waals surface area contributed by atoms with Crippen LogP contribution in [0.25, 0.3) is 0 Å². The zero-order chi connectivity index (χ0) is 11.8. The van der Waals surface area contributed by atoms with Crippen molar-refractivity contribution in [2.75, 3.05) is 5.73 Å². The van der Waals surface area contributed by atoms with E-state index in [-0.39, 0.29) is 0 Å². The van der Waals surface area contributed by atoms with Crippen molar-refractivity contribution in [2.45, 2.75) is 6.18 Å². The standard InChI is InChI=1S/C7H2Cl2F3N3/c8-4-2(1-13)15-6(9)3(5(4)14)7(10,11)12/h(H2,14,15). The van der Waals surface area contributed by atoms with E-state index in [2.05, 4.69) is 4.98 Å². The van der Waals surface area contributed by atoms with Gasteiger partial charge in [0.25, 0.3) is 0 Å². The lowest BCUT2D eigenvalue weighted by Gasteiger charge is -2.12. The summed E-state index contributed by atoms with van der Waals surface area (Å²) in [5.41, 5.74) is 2.56. The lowest BCUT2D eigenvalue weighted by Crippen LogP contribution is -2.12. The molecule has 0 spiro atoms. The van der Waals surface area contributed by atoms with Gasteiger partial charge in [0.15, 0.2) is 5.69 Å². The molecule has 1 heterocycles. The molecule has 1 rings (SSSR count). The van der Waals surface area contributed by atoms with Crippen LogP contribution in [0, 0.1) is 11.3 Å². The van der Waals surface area contributed by atoms with Gasteiger partial charge < -0.3 is 5.73 Å². The zero-order valence-electron chi connectivity index (χ0n) is 6.86.